The first kappa shape index (κ1) is 13.7. The van der Waals surface area contributed by atoms with Crippen LogP contribution in [0.5, 0.6) is 0 Å². The molecule has 16 heavy (non-hydrogen) atoms. The lowest BCUT2D eigenvalue weighted by Gasteiger charge is -2.13. The Kier molecular flexibility index (Phi) is 6.69. The summed E-state index contributed by atoms with van der Waals surface area (Å²) in [4.78, 5) is 0. The number of methoxy groups -OCH3 is 1. The number of halogens is 1. The summed E-state index contributed by atoms with van der Waals surface area (Å²) >= 11 is 3.58. The molecule has 0 fully saturated rings. The molecular weight excluding hydrogens is 266 g/mol. The lowest BCUT2D eigenvalue weighted by molar-refractivity contribution is 0.198. The van der Waals surface area contributed by atoms with E-state index in [1.165, 1.54) is 10.0 Å². The number of hydrogen-bond acceptors (Lipinski definition) is 2. The van der Waals surface area contributed by atoms with E-state index in [0.29, 0.717) is 5.92 Å². The normalized spacial score (nSPS) is 12.7. The van der Waals surface area contributed by atoms with Crippen LogP contribution in [0.2, 0.25) is 0 Å². The summed E-state index contributed by atoms with van der Waals surface area (Å²) in [6.45, 7) is 5.00. The predicted molar refractivity (Wildman–Crippen MR) is 71.8 cm³/mol. The Morgan fingerprint density at radius 3 is 2.81 bits per heavy atom. The molecular formula is C13H20BrNO. The van der Waals surface area contributed by atoms with Gasteiger partial charge in [-0.1, -0.05) is 41.1 Å². The largest absolute Gasteiger partial charge is 0.383 e. The highest BCUT2D eigenvalue weighted by Gasteiger charge is 2.05. The zero-order chi connectivity index (χ0) is 11.8. The first-order valence-electron chi connectivity index (χ1n) is 5.67. The van der Waals surface area contributed by atoms with E-state index in [-0.39, 0.29) is 0 Å². The molecule has 0 spiro atoms. The molecule has 1 N–H and O–H groups in total. The highest BCUT2D eigenvalue weighted by molar-refractivity contribution is 9.10. The summed E-state index contributed by atoms with van der Waals surface area (Å²) < 4.78 is 6.20. The van der Waals surface area contributed by atoms with Crippen LogP contribution in [0.1, 0.15) is 12.5 Å². The summed E-state index contributed by atoms with van der Waals surface area (Å²) in [7, 11) is 1.73. The fraction of sp³-hybridized carbons (Fsp3) is 0.538. The summed E-state index contributed by atoms with van der Waals surface area (Å²) in [5.41, 5.74) is 1.38. The van der Waals surface area contributed by atoms with Crippen LogP contribution < -0.4 is 5.32 Å². The monoisotopic (exact) mass is 285 g/mol. The van der Waals surface area contributed by atoms with Crippen molar-refractivity contribution in [2.75, 3.05) is 26.8 Å². The Balaban J connectivity index is 2.28. The molecule has 1 aromatic carbocycles. The average molecular weight is 286 g/mol. The average Bonchev–Trinajstić information content (AvgIpc) is 2.28. The molecule has 0 aliphatic heterocycles. The van der Waals surface area contributed by atoms with Gasteiger partial charge in [0.25, 0.3) is 0 Å². The van der Waals surface area contributed by atoms with Crippen LogP contribution in [-0.2, 0) is 11.2 Å². The van der Waals surface area contributed by atoms with Crippen LogP contribution in [0.25, 0.3) is 0 Å². The minimum absolute atomic E-state index is 0.635. The van der Waals surface area contributed by atoms with E-state index in [1.807, 2.05) is 0 Å². The van der Waals surface area contributed by atoms with Crippen molar-refractivity contribution in [2.24, 2.45) is 5.92 Å². The Morgan fingerprint density at radius 1 is 1.38 bits per heavy atom. The molecule has 3 heteroatoms. The maximum absolute atomic E-state index is 4.99. The second-order valence-corrected chi connectivity index (χ2v) is 4.95. The fourth-order valence-electron chi connectivity index (χ4n) is 1.63. The second-order valence-electron chi connectivity index (χ2n) is 4.10. The second kappa shape index (κ2) is 7.82. The van der Waals surface area contributed by atoms with Crippen LogP contribution in [0.3, 0.4) is 0 Å². The van der Waals surface area contributed by atoms with Crippen LogP contribution >= 0.6 is 15.9 Å². The first-order valence-corrected chi connectivity index (χ1v) is 6.46. The number of ether oxygens (including phenoxy) is 1. The maximum Gasteiger partial charge on any atom is 0.0587 e. The third-order valence-corrected chi connectivity index (χ3v) is 3.28. The van der Waals surface area contributed by atoms with Crippen LogP contribution in [0.4, 0.5) is 0 Å². The van der Waals surface area contributed by atoms with Crippen molar-refractivity contribution >= 4 is 15.9 Å². The van der Waals surface area contributed by atoms with Gasteiger partial charge in [-0.25, -0.2) is 0 Å². The van der Waals surface area contributed by atoms with Crippen molar-refractivity contribution in [1.29, 1.82) is 0 Å². The van der Waals surface area contributed by atoms with Gasteiger partial charge in [-0.3, -0.25) is 0 Å². The van der Waals surface area contributed by atoms with Crippen LogP contribution in [0.15, 0.2) is 28.7 Å². The molecule has 0 radical (unpaired) electrons. The zero-order valence-electron chi connectivity index (χ0n) is 10.0. The third kappa shape index (κ3) is 5.10. The minimum atomic E-state index is 0.635. The van der Waals surface area contributed by atoms with Crippen molar-refractivity contribution in [2.45, 2.75) is 13.3 Å². The molecule has 0 saturated heterocycles. The first-order chi connectivity index (χ1) is 7.74. The molecule has 1 rings (SSSR count). The highest BCUT2D eigenvalue weighted by atomic mass is 79.9. The summed E-state index contributed by atoms with van der Waals surface area (Å²) in [5, 5.41) is 3.39. The molecule has 90 valence electrons. The van der Waals surface area contributed by atoms with Crippen molar-refractivity contribution in [3.63, 3.8) is 0 Å². The molecule has 1 unspecified atom stereocenters. The SMILES string of the molecule is COCCNCC(C)Cc1ccccc1Br. The molecule has 1 aromatic rings. The molecule has 2 nitrogen and oxygen atoms in total. The van der Waals surface area contributed by atoms with Gasteiger partial charge in [0, 0.05) is 18.1 Å². The number of hydrogen-bond donors (Lipinski definition) is 1. The predicted octanol–water partition coefficient (Wildman–Crippen LogP) is 2.86. The highest BCUT2D eigenvalue weighted by Crippen LogP contribution is 2.18. The van der Waals surface area contributed by atoms with Crippen LogP contribution in [0, 0.1) is 5.92 Å². The van der Waals surface area contributed by atoms with E-state index in [4.69, 9.17) is 4.74 Å². The van der Waals surface area contributed by atoms with Crippen molar-refractivity contribution in [1.82, 2.24) is 5.32 Å². The van der Waals surface area contributed by atoms with Crippen molar-refractivity contribution < 1.29 is 4.74 Å². The topological polar surface area (TPSA) is 21.3 Å². The minimum Gasteiger partial charge on any atom is -0.383 e. The van der Waals surface area contributed by atoms with E-state index in [0.717, 1.165) is 26.1 Å². The van der Waals surface area contributed by atoms with Crippen molar-refractivity contribution in [3.8, 4) is 0 Å². The Bertz CT molecular complexity index is 304. The Morgan fingerprint density at radius 2 is 2.12 bits per heavy atom. The van der Waals surface area contributed by atoms with Gasteiger partial charge >= 0.3 is 0 Å². The fourth-order valence-corrected chi connectivity index (χ4v) is 2.08. The number of nitrogens with one attached hydrogen (secondary N) is 1. The molecule has 0 bridgehead atoms. The Labute approximate surface area is 107 Å². The smallest absolute Gasteiger partial charge is 0.0587 e. The molecule has 0 amide bonds. The number of rotatable bonds is 7. The van der Waals surface area contributed by atoms with Gasteiger partial charge in [-0.15, -0.1) is 0 Å². The van der Waals surface area contributed by atoms with E-state index in [1.54, 1.807) is 7.11 Å². The maximum atomic E-state index is 4.99. The standard InChI is InChI=1S/C13H20BrNO/c1-11(10-15-7-8-16-2)9-12-5-3-4-6-13(12)14/h3-6,11,15H,7-10H2,1-2H3. The Hall–Kier alpha value is -0.380. The van der Waals surface area contributed by atoms with Gasteiger partial charge in [0.1, 0.15) is 0 Å². The van der Waals surface area contributed by atoms with Gasteiger partial charge < -0.3 is 10.1 Å². The van der Waals surface area contributed by atoms with E-state index in [2.05, 4.69) is 52.4 Å². The van der Waals surface area contributed by atoms with Gasteiger partial charge in [0.2, 0.25) is 0 Å². The quantitative estimate of drug-likeness (QED) is 0.778. The lowest BCUT2D eigenvalue weighted by atomic mass is 10.0. The van der Waals surface area contributed by atoms with E-state index in [9.17, 15) is 0 Å². The summed E-state index contributed by atoms with van der Waals surface area (Å²) in [6, 6.07) is 8.41. The zero-order valence-corrected chi connectivity index (χ0v) is 11.6. The summed E-state index contributed by atoms with van der Waals surface area (Å²) in [6.07, 6.45) is 1.10. The van der Waals surface area contributed by atoms with E-state index >= 15 is 0 Å². The molecule has 0 saturated carbocycles. The van der Waals surface area contributed by atoms with Crippen LogP contribution in [-0.4, -0.2) is 26.8 Å². The van der Waals surface area contributed by atoms with E-state index < -0.39 is 0 Å². The van der Waals surface area contributed by atoms with Gasteiger partial charge in [0.05, 0.1) is 6.61 Å². The van der Waals surface area contributed by atoms with Gasteiger partial charge in [0.15, 0.2) is 0 Å². The van der Waals surface area contributed by atoms with Crippen molar-refractivity contribution in [3.05, 3.63) is 34.3 Å². The number of benzene rings is 1. The molecule has 1 atom stereocenters. The summed E-state index contributed by atoms with van der Waals surface area (Å²) in [5.74, 6) is 0.635. The molecule has 0 aromatic heterocycles. The molecule has 0 aliphatic rings. The third-order valence-electron chi connectivity index (χ3n) is 2.50. The lowest BCUT2D eigenvalue weighted by Crippen LogP contribution is -2.25. The molecule has 0 heterocycles. The van der Waals surface area contributed by atoms with Gasteiger partial charge in [-0.2, -0.15) is 0 Å². The molecule has 0 aliphatic carbocycles. The van der Waals surface area contributed by atoms with Gasteiger partial charge in [-0.05, 0) is 30.5 Å².